The van der Waals surface area contributed by atoms with Gasteiger partial charge in [-0.1, -0.05) is 31.8 Å². The van der Waals surface area contributed by atoms with Crippen molar-refractivity contribution in [3.05, 3.63) is 33.9 Å². The summed E-state index contributed by atoms with van der Waals surface area (Å²) in [4.78, 5) is 0. The molecule has 3 heteroatoms. The molecule has 0 radical (unpaired) electrons. The first kappa shape index (κ1) is 13.2. The minimum atomic E-state index is -1.27. The fourth-order valence-electron chi connectivity index (χ4n) is 2.64. The lowest BCUT2D eigenvalue weighted by Gasteiger charge is -2.29. The van der Waals surface area contributed by atoms with Crippen LogP contribution in [0.1, 0.15) is 0 Å². The third-order valence-corrected chi connectivity index (χ3v) is 7.15. The quantitative estimate of drug-likeness (QED) is 0.470. The van der Waals surface area contributed by atoms with Gasteiger partial charge in [0.1, 0.15) is 5.75 Å². The van der Waals surface area contributed by atoms with E-state index in [0.29, 0.717) is 0 Å². The van der Waals surface area contributed by atoms with Crippen molar-refractivity contribution in [3.8, 4) is 28.0 Å². The minimum Gasteiger partial charge on any atom is -0.497 e. The second kappa shape index (κ2) is 4.35. The summed E-state index contributed by atoms with van der Waals surface area (Å²) in [5.74, 6) is 0.939. The van der Waals surface area contributed by atoms with E-state index in [9.17, 15) is 0 Å². The normalized spacial score (nSPS) is 12.5. The molecular formula is C16H17IOSi. The fraction of sp³-hybridized carbons (Fsp3) is 0.250. The maximum absolute atomic E-state index is 5.31. The summed E-state index contributed by atoms with van der Waals surface area (Å²) in [6, 6.07) is 11.1. The SMILES string of the molecule is COc1ccc2c(c1)-c1cc(I)c([Si](C)(C)C)cc1-2. The molecule has 2 aromatic carbocycles. The number of benzene rings is 2. The van der Waals surface area contributed by atoms with Gasteiger partial charge in [-0.05, 0) is 68.2 Å². The van der Waals surface area contributed by atoms with Crippen LogP contribution < -0.4 is 9.92 Å². The van der Waals surface area contributed by atoms with Gasteiger partial charge in [-0.2, -0.15) is 0 Å². The molecule has 19 heavy (non-hydrogen) atoms. The maximum Gasteiger partial charge on any atom is 0.119 e. The standard InChI is InChI=1S/C16H17IOSi/c1-18-10-5-6-11-12(7-10)13-8-15(17)16(9-14(11)13)19(2,3)4/h5-9H,1-4H3. The van der Waals surface area contributed by atoms with E-state index in [4.69, 9.17) is 4.74 Å². The van der Waals surface area contributed by atoms with Crippen LogP contribution in [0, 0.1) is 3.57 Å². The molecular weight excluding hydrogens is 363 g/mol. The van der Waals surface area contributed by atoms with Crippen LogP contribution in [-0.2, 0) is 0 Å². The first-order valence-corrected chi connectivity index (χ1v) is 11.0. The highest BCUT2D eigenvalue weighted by Gasteiger charge is 2.28. The summed E-state index contributed by atoms with van der Waals surface area (Å²) in [7, 11) is 0.452. The van der Waals surface area contributed by atoms with Gasteiger partial charge in [0.05, 0.1) is 15.2 Å². The van der Waals surface area contributed by atoms with E-state index in [-0.39, 0.29) is 0 Å². The number of rotatable bonds is 2. The summed E-state index contributed by atoms with van der Waals surface area (Å²) >= 11 is 2.48. The van der Waals surface area contributed by atoms with Crippen molar-refractivity contribution in [2.45, 2.75) is 19.6 Å². The molecule has 0 heterocycles. The van der Waals surface area contributed by atoms with Crippen LogP contribution in [0.5, 0.6) is 5.75 Å². The third kappa shape index (κ3) is 2.03. The number of fused-ring (bicyclic) bond motifs is 4. The van der Waals surface area contributed by atoms with Crippen LogP contribution in [0.2, 0.25) is 19.6 Å². The molecule has 0 aromatic heterocycles. The van der Waals surface area contributed by atoms with Crippen LogP contribution >= 0.6 is 22.6 Å². The van der Waals surface area contributed by atoms with Crippen molar-refractivity contribution in [2.75, 3.05) is 7.11 Å². The smallest absolute Gasteiger partial charge is 0.119 e. The number of hydrogen-bond acceptors (Lipinski definition) is 1. The molecule has 0 atom stereocenters. The first-order valence-electron chi connectivity index (χ1n) is 6.44. The van der Waals surface area contributed by atoms with Gasteiger partial charge in [0.2, 0.25) is 0 Å². The van der Waals surface area contributed by atoms with Crippen molar-refractivity contribution in [1.29, 1.82) is 0 Å². The molecule has 98 valence electrons. The van der Waals surface area contributed by atoms with Crippen LogP contribution in [0.25, 0.3) is 22.3 Å². The number of methoxy groups -OCH3 is 1. The summed E-state index contributed by atoms with van der Waals surface area (Å²) < 4.78 is 6.72. The Hall–Kier alpha value is -0.813. The van der Waals surface area contributed by atoms with Gasteiger partial charge in [-0.15, -0.1) is 0 Å². The maximum atomic E-state index is 5.31. The molecule has 0 aliphatic heterocycles. The Morgan fingerprint density at radius 1 is 0.895 bits per heavy atom. The lowest BCUT2D eigenvalue weighted by Crippen LogP contribution is -2.40. The summed E-state index contributed by atoms with van der Waals surface area (Å²) in [6.45, 7) is 7.22. The van der Waals surface area contributed by atoms with Crippen LogP contribution in [0.15, 0.2) is 30.3 Å². The number of hydrogen-bond donors (Lipinski definition) is 0. The second-order valence-corrected chi connectivity index (χ2v) is 12.2. The van der Waals surface area contributed by atoms with E-state index < -0.39 is 8.07 Å². The lowest BCUT2D eigenvalue weighted by atomic mass is 9.81. The van der Waals surface area contributed by atoms with E-state index in [1.807, 2.05) is 6.07 Å². The van der Waals surface area contributed by atoms with Gasteiger partial charge in [0, 0.05) is 3.57 Å². The number of ether oxygens (including phenoxy) is 1. The molecule has 1 aliphatic carbocycles. The molecule has 0 spiro atoms. The largest absolute Gasteiger partial charge is 0.497 e. The van der Waals surface area contributed by atoms with E-state index in [1.54, 1.807) is 12.3 Å². The topological polar surface area (TPSA) is 9.23 Å². The van der Waals surface area contributed by atoms with E-state index >= 15 is 0 Å². The Bertz CT molecular complexity index is 671. The van der Waals surface area contributed by atoms with E-state index in [2.05, 4.69) is 66.5 Å². The molecule has 0 saturated carbocycles. The summed E-state index contributed by atoms with van der Waals surface area (Å²) in [5, 5.41) is 1.56. The highest BCUT2D eigenvalue weighted by molar-refractivity contribution is 14.1. The Kier molecular flexibility index (Phi) is 3.02. The van der Waals surface area contributed by atoms with Gasteiger partial charge in [-0.3, -0.25) is 0 Å². The average Bonchev–Trinajstić information content (AvgIpc) is 2.34. The van der Waals surface area contributed by atoms with Crippen molar-refractivity contribution in [2.24, 2.45) is 0 Å². The molecule has 1 aliphatic rings. The van der Waals surface area contributed by atoms with Crippen LogP contribution in [0.3, 0.4) is 0 Å². The fourth-order valence-corrected chi connectivity index (χ4v) is 6.90. The molecule has 0 amide bonds. The summed E-state index contributed by atoms with van der Waals surface area (Å²) in [5.41, 5.74) is 5.48. The van der Waals surface area contributed by atoms with Crippen molar-refractivity contribution in [1.82, 2.24) is 0 Å². The highest BCUT2D eigenvalue weighted by Crippen LogP contribution is 2.48. The van der Waals surface area contributed by atoms with Crippen molar-refractivity contribution in [3.63, 3.8) is 0 Å². The lowest BCUT2D eigenvalue weighted by molar-refractivity contribution is 0.415. The van der Waals surface area contributed by atoms with Gasteiger partial charge in [0.15, 0.2) is 0 Å². The molecule has 2 aromatic rings. The Morgan fingerprint density at radius 3 is 2.16 bits per heavy atom. The molecule has 3 rings (SSSR count). The molecule has 0 N–H and O–H groups in total. The van der Waals surface area contributed by atoms with Crippen LogP contribution in [0.4, 0.5) is 0 Å². The van der Waals surface area contributed by atoms with E-state index in [0.717, 1.165) is 5.75 Å². The summed E-state index contributed by atoms with van der Waals surface area (Å²) in [6.07, 6.45) is 0. The van der Waals surface area contributed by atoms with Crippen LogP contribution in [-0.4, -0.2) is 15.2 Å². The molecule has 1 nitrogen and oxygen atoms in total. The molecule has 0 unspecified atom stereocenters. The van der Waals surface area contributed by atoms with Crippen molar-refractivity contribution >= 4 is 35.9 Å². The first-order chi connectivity index (χ1) is 8.91. The highest BCUT2D eigenvalue weighted by atomic mass is 127. The molecule has 0 saturated heterocycles. The predicted octanol–water partition coefficient (Wildman–Crippen LogP) is 4.49. The monoisotopic (exact) mass is 380 g/mol. The Morgan fingerprint density at radius 2 is 1.53 bits per heavy atom. The van der Waals surface area contributed by atoms with Crippen molar-refractivity contribution < 1.29 is 4.74 Å². The zero-order chi connectivity index (χ0) is 13.8. The van der Waals surface area contributed by atoms with E-state index in [1.165, 1.54) is 25.8 Å². The predicted molar refractivity (Wildman–Crippen MR) is 93.1 cm³/mol. The second-order valence-electron chi connectivity index (χ2n) is 6.04. The van der Waals surface area contributed by atoms with Gasteiger partial charge < -0.3 is 4.74 Å². The van der Waals surface area contributed by atoms with Gasteiger partial charge in [-0.25, -0.2) is 0 Å². The zero-order valence-corrected chi connectivity index (χ0v) is 14.8. The molecule has 0 bridgehead atoms. The van der Waals surface area contributed by atoms with Gasteiger partial charge in [0.25, 0.3) is 0 Å². The zero-order valence-electron chi connectivity index (χ0n) is 11.7. The Balaban J connectivity index is 2.14. The number of halogens is 1. The Labute approximate surface area is 129 Å². The minimum absolute atomic E-state index is 0.939. The van der Waals surface area contributed by atoms with Gasteiger partial charge >= 0.3 is 0 Å². The molecule has 0 fully saturated rings. The third-order valence-electron chi connectivity index (χ3n) is 3.72. The average molecular weight is 380 g/mol.